The summed E-state index contributed by atoms with van der Waals surface area (Å²) in [5.41, 5.74) is 0.797. The average Bonchev–Trinajstić information content (AvgIpc) is 2.17. The minimum atomic E-state index is -0.187. The molecule has 0 aliphatic carbocycles. The molecule has 12 heavy (non-hydrogen) atoms. The molecule has 0 fully saturated rings. The molecule has 1 heterocycles. The first kappa shape index (κ1) is 9.26. The molecule has 0 atom stereocenters. The number of esters is 1. The van der Waals surface area contributed by atoms with Crippen LogP contribution < -0.4 is 0 Å². The molecule has 0 bridgehead atoms. The fourth-order valence-corrected chi connectivity index (χ4v) is 1.35. The molecule has 1 aliphatic rings. The van der Waals surface area contributed by atoms with E-state index in [0.29, 0.717) is 0 Å². The summed E-state index contributed by atoms with van der Waals surface area (Å²) >= 11 is 0. The second-order valence-electron chi connectivity index (χ2n) is 2.88. The molecule has 0 saturated carbocycles. The van der Waals surface area contributed by atoms with Gasteiger partial charge in [-0.2, -0.15) is 0 Å². The molecule has 0 unspecified atom stereocenters. The van der Waals surface area contributed by atoms with E-state index < -0.39 is 0 Å². The highest BCUT2D eigenvalue weighted by molar-refractivity contribution is 5.88. The average molecular weight is 169 g/mol. The largest absolute Gasteiger partial charge is 0.466 e. The third-order valence-corrected chi connectivity index (χ3v) is 2.12. The molecule has 68 valence electrons. The Morgan fingerprint density at radius 1 is 1.75 bits per heavy atom. The highest BCUT2D eigenvalue weighted by Crippen LogP contribution is 2.09. The zero-order valence-corrected chi connectivity index (χ0v) is 7.67. The lowest BCUT2D eigenvalue weighted by Gasteiger charge is -2.24. The van der Waals surface area contributed by atoms with E-state index in [1.165, 1.54) is 7.11 Å². The van der Waals surface area contributed by atoms with Crippen LogP contribution in [0, 0.1) is 0 Å². The van der Waals surface area contributed by atoms with E-state index in [9.17, 15) is 4.79 Å². The Labute approximate surface area is 73.0 Å². The van der Waals surface area contributed by atoms with Crippen molar-refractivity contribution in [2.24, 2.45) is 0 Å². The summed E-state index contributed by atoms with van der Waals surface area (Å²) in [5.74, 6) is -0.187. The number of ether oxygens (including phenoxy) is 1. The van der Waals surface area contributed by atoms with Gasteiger partial charge in [-0.05, 0) is 13.0 Å². The van der Waals surface area contributed by atoms with Crippen LogP contribution in [-0.2, 0) is 9.53 Å². The number of methoxy groups -OCH3 is 1. The first-order chi connectivity index (χ1) is 5.77. The van der Waals surface area contributed by atoms with Crippen LogP contribution >= 0.6 is 0 Å². The van der Waals surface area contributed by atoms with E-state index in [4.69, 9.17) is 0 Å². The molecule has 0 radical (unpaired) electrons. The third-order valence-electron chi connectivity index (χ3n) is 2.12. The van der Waals surface area contributed by atoms with Crippen molar-refractivity contribution >= 4 is 5.97 Å². The summed E-state index contributed by atoms with van der Waals surface area (Å²) in [6.07, 6.45) is 2.93. The molecule has 0 amide bonds. The van der Waals surface area contributed by atoms with Gasteiger partial charge in [-0.3, -0.25) is 4.90 Å². The van der Waals surface area contributed by atoms with Crippen LogP contribution in [0.4, 0.5) is 0 Å². The maximum Gasteiger partial charge on any atom is 0.334 e. The summed E-state index contributed by atoms with van der Waals surface area (Å²) in [6, 6.07) is 0. The fraction of sp³-hybridized carbons (Fsp3) is 0.667. The Bertz CT molecular complexity index is 199. The van der Waals surface area contributed by atoms with Crippen molar-refractivity contribution in [1.82, 2.24) is 4.90 Å². The Balaban J connectivity index is 2.55. The standard InChI is InChI=1S/C9H15NO2/c1-3-10-6-4-5-8(7-10)9(11)12-2/h5H,3-4,6-7H2,1-2H3. The molecule has 0 aromatic heterocycles. The van der Waals surface area contributed by atoms with Gasteiger partial charge in [0.05, 0.1) is 7.11 Å². The van der Waals surface area contributed by atoms with Gasteiger partial charge in [0, 0.05) is 18.7 Å². The van der Waals surface area contributed by atoms with E-state index in [1.807, 2.05) is 6.08 Å². The zero-order valence-electron chi connectivity index (χ0n) is 7.67. The second-order valence-corrected chi connectivity index (χ2v) is 2.88. The van der Waals surface area contributed by atoms with Crippen LogP contribution in [0.15, 0.2) is 11.6 Å². The minimum Gasteiger partial charge on any atom is -0.466 e. The summed E-state index contributed by atoms with van der Waals surface area (Å²) < 4.78 is 4.65. The van der Waals surface area contributed by atoms with Crippen molar-refractivity contribution in [2.45, 2.75) is 13.3 Å². The maximum absolute atomic E-state index is 11.1. The Morgan fingerprint density at radius 3 is 3.08 bits per heavy atom. The van der Waals surface area contributed by atoms with Gasteiger partial charge in [0.15, 0.2) is 0 Å². The molecule has 0 N–H and O–H groups in total. The van der Waals surface area contributed by atoms with Gasteiger partial charge in [0.1, 0.15) is 0 Å². The van der Waals surface area contributed by atoms with Crippen molar-refractivity contribution < 1.29 is 9.53 Å². The van der Waals surface area contributed by atoms with Crippen molar-refractivity contribution in [3.63, 3.8) is 0 Å². The Kier molecular flexibility index (Phi) is 3.29. The van der Waals surface area contributed by atoms with Gasteiger partial charge < -0.3 is 4.74 Å². The number of rotatable bonds is 2. The molecule has 0 aromatic carbocycles. The van der Waals surface area contributed by atoms with Crippen molar-refractivity contribution in [2.75, 3.05) is 26.7 Å². The van der Waals surface area contributed by atoms with Gasteiger partial charge in [0.25, 0.3) is 0 Å². The lowest BCUT2D eigenvalue weighted by molar-refractivity contribution is -0.136. The van der Waals surface area contributed by atoms with Crippen molar-refractivity contribution in [3.05, 3.63) is 11.6 Å². The van der Waals surface area contributed by atoms with Gasteiger partial charge >= 0.3 is 5.97 Å². The first-order valence-electron chi connectivity index (χ1n) is 4.27. The predicted octanol–water partition coefficient (Wildman–Crippen LogP) is 0.811. The van der Waals surface area contributed by atoms with Crippen LogP contribution in [0.25, 0.3) is 0 Å². The number of carbonyl (C=O) groups is 1. The van der Waals surface area contributed by atoms with E-state index >= 15 is 0 Å². The van der Waals surface area contributed by atoms with E-state index in [2.05, 4.69) is 16.6 Å². The van der Waals surface area contributed by atoms with E-state index in [1.54, 1.807) is 0 Å². The smallest absolute Gasteiger partial charge is 0.334 e. The molecule has 1 aliphatic heterocycles. The molecule has 3 nitrogen and oxygen atoms in total. The van der Waals surface area contributed by atoms with Crippen LogP contribution in [0.2, 0.25) is 0 Å². The van der Waals surface area contributed by atoms with Crippen LogP contribution in [-0.4, -0.2) is 37.6 Å². The summed E-state index contributed by atoms with van der Waals surface area (Å²) in [4.78, 5) is 13.3. The van der Waals surface area contributed by atoms with Gasteiger partial charge in [-0.1, -0.05) is 13.0 Å². The Morgan fingerprint density at radius 2 is 2.50 bits per heavy atom. The lowest BCUT2D eigenvalue weighted by Crippen LogP contribution is -2.32. The molecule has 0 saturated heterocycles. The summed E-state index contributed by atoms with van der Waals surface area (Å²) in [7, 11) is 1.42. The van der Waals surface area contributed by atoms with Crippen molar-refractivity contribution in [1.29, 1.82) is 0 Å². The molecule has 0 aromatic rings. The number of nitrogens with zero attached hydrogens (tertiary/aromatic N) is 1. The Hall–Kier alpha value is -0.830. The molecule has 1 rings (SSSR count). The van der Waals surface area contributed by atoms with Crippen LogP contribution in [0.5, 0.6) is 0 Å². The highest BCUT2D eigenvalue weighted by Gasteiger charge is 2.16. The number of hydrogen-bond donors (Lipinski definition) is 0. The quantitative estimate of drug-likeness (QED) is 0.573. The van der Waals surface area contributed by atoms with E-state index in [-0.39, 0.29) is 5.97 Å². The SMILES string of the molecule is CCN1CCC=C(C(=O)OC)C1. The molecule has 0 spiro atoms. The minimum absolute atomic E-state index is 0.187. The molecule has 3 heteroatoms. The molecular weight excluding hydrogens is 154 g/mol. The van der Waals surface area contributed by atoms with E-state index in [0.717, 1.165) is 31.6 Å². The fourth-order valence-electron chi connectivity index (χ4n) is 1.35. The second kappa shape index (κ2) is 4.26. The third kappa shape index (κ3) is 2.08. The number of likely N-dealkylation sites (N-methyl/N-ethyl adjacent to an activating group) is 1. The summed E-state index contributed by atoms with van der Waals surface area (Å²) in [5, 5.41) is 0. The van der Waals surface area contributed by atoms with Crippen LogP contribution in [0.3, 0.4) is 0 Å². The zero-order chi connectivity index (χ0) is 8.97. The van der Waals surface area contributed by atoms with Gasteiger partial charge in [-0.15, -0.1) is 0 Å². The van der Waals surface area contributed by atoms with Crippen LogP contribution in [0.1, 0.15) is 13.3 Å². The molecular formula is C9H15NO2. The van der Waals surface area contributed by atoms with Gasteiger partial charge in [0.2, 0.25) is 0 Å². The highest BCUT2D eigenvalue weighted by atomic mass is 16.5. The normalized spacial score (nSPS) is 18.7. The maximum atomic E-state index is 11.1. The number of carbonyl (C=O) groups excluding carboxylic acids is 1. The lowest BCUT2D eigenvalue weighted by atomic mass is 10.1. The predicted molar refractivity (Wildman–Crippen MR) is 46.8 cm³/mol. The summed E-state index contributed by atoms with van der Waals surface area (Å²) in [6.45, 7) is 4.88. The topological polar surface area (TPSA) is 29.5 Å². The monoisotopic (exact) mass is 169 g/mol. The van der Waals surface area contributed by atoms with Crippen molar-refractivity contribution in [3.8, 4) is 0 Å². The first-order valence-corrected chi connectivity index (χ1v) is 4.27. The van der Waals surface area contributed by atoms with Gasteiger partial charge in [-0.25, -0.2) is 4.79 Å². The number of hydrogen-bond acceptors (Lipinski definition) is 3.